The first-order chi connectivity index (χ1) is 8.54. The number of aryl methyl sites for hydroxylation is 1. The molecule has 3 N–H and O–H groups in total. The number of nitrogens with one attached hydrogen (secondary N) is 1. The second kappa shape index (κ2) is 5.21. The van der Waals surface area contributed by atoms with Crippen molar-refractivity contribution in [2.75, 3.05) is 0 Å². The minimum absolute atomic E-state index is 0.141. The molecule has 0 amide bonds. The number of nitrogens with two attached hydrogens (primary N) is 1. The van der Waals surface area contributed by atoms with E-state index in [0.717, 1.165) is 15.7 Å². The van der Waals surface area contributed by atoms with Crippen molar-refractivity contribution in [2.45, 2.75) is 25.9 Å². The minimum atomic E-state index is -0.141. The lowest BCUT2D eigenvalue weighted by Crippen LogP contribution is -2.31. The highest BCUT2D eigenvalue weighted by atomic mass is 79.9. The fourth-order valence-corrected chi connectivity index (χ4v) is 2.46. The molecule has 2 aromatic rings. The lowest BCUT2D eigenvalue weighted by atomic mass is 10.1. The van der Waals surface area contributed by atoms with E-state index in [1.54, 1.807) is 17.1 Å². The Balaban J connectivity index is 2.47. The highest BCUT2D eigenvalue weighted by Gasteiger charge is 2.23. The standard InChI is InChI=1S/C11H17BrN6/c1-7(2)18-11(9(12)5-15-18)10(16-13)8-4-14-17(3)6-8/h4-7,10,16H,13H2,1-3H3. The van der Waals surface area contributed by atoms with Crippen LogP contribution < -0.4 is 11.3 Å². The molecular weight excluding hydrogens is 296 g/mol. The van der Waals surface area contributed by atoms with Crippen molar-refractivity contribution in [2.24, 2.45) is 12.9 Å². The summed E-state index contributed by atoms with van der Waals surface area (Å²) in [6.07, 6.45) is 5.53. The zero-order valence-corrected chi connectivity index (χ0v) is 12.2. The third-order valence-corrected chi connectivity index (χ3v) is 3.39. The third-order valence-electron chi connectivity index (χ3n) is 2.77. The molecule has 98 valence electrons. The van der Waals surface area contributed by atoms with Crippen LogP contribution in [0.5, 0.6) is 0 Å². The molecule has 1 unspecified atom stereocenters. The van der Waals surface area contributed by atoms with E-state index in [4.69, 9.17) is 5.84 Å². The Hall–Kier alpha value is -1.18. The van der Waals surface area contributed by atoms with E-state index >= 15 is 0 Å². The molecule has 0 radical (unpaired) electrons. The van der Waals surface area contributed by atoms with E-state index in [0.29, 0.717) is 0 Å². The summed E-state index contributed by atoms with van der Waals surface area (Å²) in [5.41, 5.74) is 4.83. The Bertz CT molecular complexity index is 529. The molecule has 0 aliphatic heterocycles. The van der Waals surface area contributed by atoms with Crippen LogP contribution in [0.1, 0.15) is 37.2 Å². The van der Waals surface area contributed by atoms with Gasteiger partial charge in [-0.2, -0.15) is 10.2 Å². The predicted octanol–water partition coefficient (Wildman–Crippen LogP) is 1.51. The van der Waals surface area contributed by atoms with Crippen LogP contribution in [0.2, 0.25) is 0 Å². The van der Waals surface area contributed by atoms with E-state index < -0.39 is 0 Å². The maximum Gasteiger partial charge on any atom is 0.0920 e. The molecule has 7 heteroatoms. The van der Waals surface area contributed by atoms with Gasteiger partial charge in [-0.3, -0.25) is 15.2 Å². The van der Waals surface area contributed by atoms with Gasteiger partial charge >= 0.3 is 0 Å². The van der Waals surface area contributed by atoms with Crippen molar-refractivity contribution >= 4 is 15.9 Å². The van der Waals surface area contributed by atoms with Crippen molar-refractivity contribution in [1.29, 1.82) is 0 Å². The highest BCUT2D eigenvalue weighted by Crippen LogP contribution is 2.29. The van der Waals surface area contributed by atoms with Gasteiger partial charge in [-0.15, -0.1) is 0 Å². The topological polar surface area (TPSA) is 73.7 Å². The molecule has 2 aromatic heterocycles. The Morgan fingerprint density at radius 2 is 2.06 bits per heavy atom. The quantitative estimate of drug-likeness (QED) is 0.663. The van der Waals surface area contributed by atoms with E-state index in [1.807, 2.05) is 17.9 Å². The number of nitrogens with zero attached hydrogens (tertiary/aromatic N) is 4. The van der Waals surface area contributed by atoms with Crippen molar-refractivity contribution < 1.29 is 0 Å². The number of halogens is 1. The monoisotopic (exact) mass is 312 g/mol. The second-order valence-corrected chi connectivity index (χ2v) is 5.32. The maximum atomic E-state index is 5.69. The largest absolute Gasteiger partial charge is 0.275 e. The van der Waals surface area contributed by atoms with E-state index in [1.165, 1.54) is 0 Å². The lowest BCUT2D eigenvalue weighted by Gasteiger charge is -2.19. The van der Waals surface area contributed by atoms with Gasteiger partial charge in [0.25, 0.3) is 0 Å². The van der Waals surface area contributed by atoms with E-state index in [9.17, 15) is 0 Å². The molecule has 0 saturated carbocycles. The minimum Gasteiger partial charge on any atom is -0.275 e. The first kappa shape index (κ1) is 13.3. The fourth-order valence-electron chi connectivity index (χ4n) is 1.95. The van der Waals surface area contributed by atoms with Crippen molar-refractivity contribution in [3.63, 3.8) is 0 Å². The van der Waals surface area contributed by atoms with Gasteiger partial charge < -0.3 is 0 Å². The number of hydrogen-bond acceptors (Lipinski definition) is 4. The average molecular weight is 313 g/mol. The summed E-state index contributed by atoms with van der Waals surface area (Å²) in [5.74, 6) is 5.69. The summed E-state index contributed by atoms with van der Waals surface area (Å²) in [4.78, 5) is 0. The molecule has 0 aliphatic rings. The van der Waals surface area contributed by atoms with Crippen LogP contribution in [0.15, 0.2) is 23.1 Å². The average Bonchev–Trinajstić information content (AvgIpc) is 2.88. The summed E-state index contributed by atoms with van der Waals surface area (Å²) in [5, 5.41) is 8.54. The van der Waals surface area contributed by atoms with Crippen molar-refractivity contribution in [1.82, 2.24) is 25.0 Å². The van der Waals surface area contributed by atoms with Crippen LogP contribution in [-0.4, -0.2) is 19.6 Å². The highest BCUT2D eigenvalue weighted by molar-refractivity contribution is 9.10. The lowest BCUT2D eigenvalue weighted by molar-refractivity contribution is 0.475. The Kier molecular flexibility index (Phi) is 3.84. The molecular formula is C11H17BrN6. The van der Waals surface area contributed by atoms with Crippen LogP contribution in [0, 0.1) is 0 Å². The predicted molar refractivity (Wildman–Crippen MR) is 72.7 cm³/mol. The maximum absolute atomic E-state index is 5.69. The van der Waals surface area contributed by atoms with Gasteiger partial charge in [0.1, 0.15) is 0 Å². The molecule has 18 heavy (non-hydrogen) atoms. The summed E-state index contributed by atoms with van der Waals surface area (Å²) >= 11 is 3.52. The molecule has 0 aliphatic carbocycles. The third kappa shape index (κ3) is 2.33. The Morgan fingerprint density at radius 3 is 2.56 bits per heavy atom. The summed E-state index contributed by atoms with van der Waals surface area (Å²) in [6.45, 7) is 4.17. The summed E-state index contributed by atoms with van der Waals surface area (Å²) < 4.78 is 4.63. The molecule has 0 fully saturated rings. The van der Waals surface area contributed by atoms with Gasteiger partial charge in [-0.1, -0.05) is 0 Å². The molecule has 0 saturated heterocycles. The fraction of sp³-hybridized carbons (Fsp3) is 0.455. The SMILES string of the molecule is CC(C)n1ncc(Br)c1C(NN)c1cnn(C)c1. The van der Waals surface area contributed by atoms with Gasteiger partial charge in [0.2, 0.25) is 0 Å². The molecule has 0 bridgehead atoms. The zero-order valence-electron chi connectivity index (χ0n) is 10.6. The van der Waals surface area contributed by atoms with Gasteiger partial charge in [0.05, 0.1) is 28.6 Å². The molecule has 0 aromatic carbocycles. The van der Waals surface area contributed by atoms with Crippen molar-refractivity contribution in [3.05, 3.63) is 34.3 Å². The van der Waals surface area contributed by atoms with E-state index in [-0.39, 0.29) is 12.1 Å². The number of rotatable bonds is 4. The first-order valence-electron chi connectivity index (χ1n) is 5.72. The van der Waals surface area contributed by atoms with Gasteiger partial charge in [0.15, 0.2) is 0 Å². The molecule has 2 heterocycles. The zero-order chi connectivity index (χ0) is 13.3. The Morgan fingerprint density at radius 1 is 1.33 bits per heavy atom. The summed E-state index contributed by atoms with van der Waals surface area (Å²) in [7, 11) is 1.88. The number of hydrazine groups is 1. The van der Waals surface area contributed by atoms with Gasteiger partial charge in [-0.05, 0) is 29.8 Å². The van der Waals surface area contributed by atoms with Crippen LogP contribution in [-0.2, 0) is 7.05 Å². The molecule has 0 spiro atoms. The number of hydrogen-bond donors (Lipinski definition) is 2. The molecule has 2 rings (SSSR count). The normalized spacial score (nSPS) is 13.2. The first-order valence-corrected chi connectivity index (χ1v) is 6.51. The smallest absolute Gasteiger partial charge is 0.0920 e. The number of aromatic nitrogens is 4. The molecule has 6 nitrogen and oxygen atoms in total. The van der Waals surface area contributed by atoms with Gasteiger partial charge in [0, 0.05) is 24.8 Å². The van der Waals surface area contributed by atoms with Crippen molar-refractivity contribution in [3.8, 4) is 0 Å². The van der Waals surface area contributed by atoms with Crippen LogP contribution in [0.4, 0.5) is 0 Å². The summed E-state index contributed by atoms with van der Waals surface area (Å²) in [6, 6.07) is 0.122. The van der Waals surface area contributed by atoms with Crippen LogP contribution in [0.3, 0.4) is 0 Å². The van der Waals surface area contributed by atoms with E-state index in [2.05, 4.69) is 45.4 Å². The molecule has 1 atom stereocenters. The van der Waals surface area contributed by atoms with Crippen LogP contribution >= 0.6 is 15.9 Å². The van der Waals surface area contributed by atoms with Crippen LogP contribution in [0.25, 0.3) is 0 Å². The Labute approximate surface area is 114 Å². The second-order valence-electron chi connectivity index (χ2n) is 4.46. The van der Waals surface area contributed by atoms with Gasteiger partial charge in [-0.25, -0.2) is 5.43 Å².